The van der Waals surface area contributed by atoms with Crippen LogP contribution in [0.5, 0.6) is 0 Å². The summed E-state index contributed by atoms with van der Waals surface area (Å²) in [5, 5.41) is 4.42. The number of nitrogens with one attached hydrogen (secondary N) is 1. The zero-order chi connectivity index (χ0) is 13.7. The molecule has 0 aliphatic rings. The van der Waals surface area contributed by atoms with Crippen molar-refractivity contribution >= 4 is 34.8 Å². The summed E-state index contributed by atoms with van der Waals surface area (Å²) in [6, 6.07) is 15.6. The first-order valence-electron chi connectivity index (χ1n) is 6.00. The van der Waals surface area contributed by atoms with Gasteiger partial charge in [0.1, 0.15) is 0 Å². The van der Waals surface area contributed by atoms with Crippen molar-refractivity contribution in [2.75, 3.05) is 6.54 Å². The Labute approximate surface area is 128 Å². The SMILES string of the molecule is Clc1ccc(CNCC(Cl)c2ccccc2)cc1Cl. The van der Waals surface area contributed by atoms with Gasteiger partial charge in [-0.05, 0) is 23.3 Å². The number of alkyl halides is 1. The Morgan fingerprint density at radius 3 is 2.37 bits per heavy atom. The van der Waals surface area contributed by atoms with E-state index in [9.17, 15) is 0 Å². The zero-order valence-corrected chi connectivity index (χ0v) is 12.5. The average Bonchev–Trinajstić information content (AvgIpc) is 2.43. The molecule has 4 heteroatoms. The molecule has 19 heavy (non-hydrogen) atoms. The van der Waals surface area contributed by atoms with Crippen LogP contribution in [-0.2, 0) is 6.54 Å². The fourth-order valence-corrected chi connectivity index (χ4v) is 2.35. The predicted molar refractivity (Wildman–Crippen MR) is 83.2 cm³/mol. The van der Waals surface area contributed by atoms with Crippen LogP contribution in [0.3, 0.4) is 0 Å². The number of benzene rings is 2. The molecule has 0 aliphatic carbocycles. The van der Waals surface area contributed by atoms with Crippen LogP contribution in [0.15, 0.2) is 48.5 Å². The van der Waals surface area contributed by atoms with Crippen molar-refractivity contribution in [2.45, 2.75) is 11.9 Å². The van der Waals surface area contributed by atoms with Crippen LogP contribution < -0.4 is 5.32 Å². The summed E-state index contributed by atoms with van der Waals surface area (Å²) in [6.07, 6.45) is 0. The predicted octanol–water partition coefficient (Wildman–Crippen LogP) is 5.06. The van der Waals surface area contributed by atoms with Crippen molar-refractivity contribution in [3.63, 3.8) is 0 Å². The number of halogens is 3. The van der Waals surface area contributed by atoms with E-state index in [1.54, 1.807) is 6.07 Å². The largest absolute Gasteiger partial charge is 0.311 e. The second kappa shape index (κ2) is 7.16. The van der Waals surface area contributed by atoms with E-state index in [0.29, 0.717) is 23.1 Å². The fraction of sp³-hybridized carbons (Fsp3) is 0.200. The third-order valence-corrected chi connectivity index (χ3v) is 3.94. The summed E-state index contributed by atoms with van der Waals surface area (Å²) < 4.78 is 0. The molecule has 0 saturated heterocycles. The molecule has 0 saturated carbocycles. The van der Waals surface area contributed by atoms with Gasteiger partial charge >= 0.3 is 0 Å². The smallest absolute Gasteiger partial charge is 0.0709 e. The maximum Gasteiger partial charge on any atom is 0.0709 e. The first-order valence-corrected chi connectivity index (χ1v) is 7.19. The van der Waals surface area contributed by atoms with E-state index in [1.165, 1.54) is 0 Å². The summed E-state index contributed by atoms with van der Waals surface area (Å²) >= 11 is 18.2. The molecule has 0 aromatic heterocycles. The Balaban J connectivity index is 1.85. The molecule has 2 rings (SSSR count). The normalized spacial score (nSPS) is 12.4. The van der Waals surface area contributed by atoms with E-state index in [2.05, 4.69) is 5.32 Å². The molecule has 100 valence electrons. The van der Waals surface area contributed by atoms with E-state index in [1.807, 2.05) is 42.5 Å². The van der Waals surface area contributed by atoms with Gasteiger partial charge in [0.25, 0.3) is 0 Å². The molecule has 0 fully saturated rings. The highest BCUT2D eigenvalue weighted by Crippen LogP contribution is 2.23. The molecule has 1 nitrogen and oxygen atoms in total. The molecule has 2 aromatic rings. The minimum atomic E-state index is -0.0380. The number of hydrogen-bond donors (Lipinski definition) is 1. The lowest BCUT2D eigenvalue weighted by molar-refractivity contribution is 0.674. The van der Waals surface area contributed by atoms with Gasteiger partial charge in [0, 0.05) is 13.1 Å². The summed E-state index contributed by atoms with van der Waals surface area (Å²) in [7, 11) is 0. The monoisotopic (exact) mass is 313 g/mol. The maximum absolute atomic E-state index is 6.32. The molecule has 2 aromatic carbocycles. The van der Waals surface area contributed by atoms with Crippen molar-refractivity contribution in [1.82, 2.24) is 5.32 Å². The molecule has 0 aliphatic heterocycles. The van der Waals surface area contributed by atoms with Gasteiger partial charge in [-0.1, -0.05) is 59.6 Å². The van der Waals surface area contributed by atoms with Gasteiger partial charge in [-0.3, -0.25) is 0 Å². The Hall–Kier alpha value is -0.730. The van der Waals surface area contributed by atoms with Crippen molar-refractivity contribution in [2.24, 2.45) is 0 Å². The second-order valence-electron chi connectivity index (χ2n) is 4.26. The summed E-state index contributed by atoms with van der Waals surface area (Å²) in [5.74, 6) is 0. The molecule has 0 amide bonds. The molecule has 1 N–H and O–H groups in total. The topological polar surface area (TPSA) is 12.0 Å². The van der Waals surface area contributed by atoms with E-state index in [0.717, 1.165) is 11.1 Å². The average molecular weight is 315 g/mol. The Morgan fingerprint density at radius 1 is 0.947 bits per heavy atom. The standard InChI is InChI=1S/C15H14Cl3N/c16-13-7-6-11(8-14(13)17)9-19-10-15(18)12-4-2-1-3-5-12/h1-8,15,19H,9-10H2. The highest BCUT2D eigenvalue weighted by molar-refractivity contribution is 6.42. The lowest BCUT2D eigenvalue weighted by Gasteiger charge is -2.11. The van der Waals surface area contributed by atoms with Gasteiger partial charge in [0.05, 0.1) is 15.4 Å². The van der Waals surface area contributed by atoms with Gasteiger partial charge in [0.2, 0.25) is 0 Å². The zero-order valence-electron chi connectivity index (χ0n) is 10.2. The van der Waals surface area contributed by atoms with Gasteiger partial charge in [-0.2, -0.15) is 0 Å². The fourth-order valence-electron chi connectivity index (χ4n) is 1.77. The van der Waals surface area contributed by atoms with Crippen LogP contribution >= 0.6 is 34.8 Å². The number of rotatable bonds is 5. The Kier molecular flexibility index (Phi) is 5.53. The van der Waals surface area contributed by atoms with E-state index >= 15 is 0 Å². The van der Waals surface area contributed by atoms with Crippen molar-refractivity contribution in [3.8, 4) is 0 Å². The minimum absolute atomic E-state index is 0.0380. The Morgan fingerprint density at radius 2 is 1.68 bits per heavy atom. The van der Waals surface area contributed by atoms with Crippen LogP contribution in [0, 0.1) is 0 Å². The van der Waals surface area contributed by atoms with Gasteiger partial charge in [-0.25, -0.2) is 0 Å². The lowest BCUT2D eigenvalue weighted by Crippen LogP contribution is -2.18. The molecular weight excluding hydrogens is 301 g/mol. The molecule has 0 bridgehead atoms. The molecule has 0 radical (unpaired) electrons. The van der Waals surface area contributed by atoms with Crippen molar-refractivity contribution < 1.29 is 0 Å². The lowest BCUT2D eigenvalue weighted by atomic mass is 10.1. The van der Waals surface area contributed by atoms with Gasteiger partial charge in [-0.15, -0.1) is 11.6 Å². The second-order valence-corrected chi connectivity index (χ2v) is 5.60. The van der Waals surface area contributed by atoms with Gasteiger partial charge in [0.15, 0.2) is 0 Å². The molecule has 0 spiro atoms. The van der Waals surface area contributed by atoms with Crippen LogP contribution in [-0.4, -0.2) is 6.54 Å². The van der Waals surface area contributed by atoms with Gasteiger partial charge < -0.3 is 5.32 Å². The van der Waals surface area contributed by atoms with Crippen LogP contribution in [0.4, 0.5) is 0 Å². The summed E-state index contributed by atoms with van der Waals surface area (Å²) in [4.78, 5) is 0. The highest BCUT2D eigenvalue weighted by Gasteiger charge is 2.06. The molecule has 1 unspecified atom stereocenters. The quantitative estimate of drug-likeness (QED) is 0.760. The summed E-state index contributed by atoms with van der Waals surface area (Å²) in [5.41, 5.74) is 2.21. The van der Waals surface area contributed by atoms with E-state index in [-0.39, 0.29) is 5.38 Å². The maximum atomic E-state index is 6.32. The molecule has 1 atom stereocenters. The number of hydrogen-bond acceptors (Lipinski definition) is 1. The van der Waals surface area contributed by atoms with Crippen LogP contribution in [0.25, 0.3) is 0 Å². The minimum Gasteiger partial charge on any atom is -0.311 e. The van der Waals surface area contributed by atoms with E-state index < -0.39 is 0 Å². The molecular formula is C15H14Cl3N. The molecule has 0 heterocycles. The highest BCUT2D eigenvalue weighted by atomic mass is 35.5. The van der Waals surface area contributed by atoms with Crippen LogP contribution in [0.2, 0.25) is 10.0 Å². The third-order valence-electron chi connectivity index (χ3n) is 2.80. The van der Waals surface area contributed by atoms with Crippen molar-refractivity contribution in [3.05, 3.63) is 69.7 Å². The van der Waals surface area contributed by atoms with Crippen LogP contribution in [0.1, 0.15) is 16.5 Å². The van der Waals surface area contributed by atoms with E-state index in [4.69, 9.17) is 34.8 Å². The van der Waals surface area contributed by atoms with Crippen molar-refractivity contribution in [1.29, 1.82) is 0 Å². The summed E-state index contributed by atoms with van der Waals surface area (Å²) in [6.45, 7) is 1.42. The first-order chi connectivity index (χ1) is 9.16. The first kappa shape index (κ1) is 14.7. The Bertz CT molecular complexity index is 528. The third kappa shape index (κ3) is 4.39.